The van der Waals surface area contributed by atoms with E-state index in [0.29, 0.717) is 0 Å². The molecule has 0 N–H and O–H groups in total. The summed E-state index contributed by atoms with van der Waals surface area (Å²) in [7, 11) is 0. The van der Waals surface area contributed by atoms with Crippen molar-refractivity contribution in [3.8, 4) is 22.3 Å². The Morgan fingerprint density at radius 3 is 0.971 bits per heavy atom. The van der Waals surface area contributed by atoms with E-state index in [1.54, 1.807) is 0 Å². The highest BCUT2D eigenvalue weighted by atomic mass is 16.3. The molecule has 0 saturated heterocycles. The van der Waals surface area contributed by atoms with Crippen molar-refractivity contribution in [2.75, 3.05) is 9.80 Å². The van der Waals surface area contributed by atoms with Crippen LogP contribution in [0.1, 0.15) is 22.3 Å². The van der Waals surface area contributed by atoms with Crippen molar-refractivity contribution in [1.82, 2.24) is 0 Å². The van der Waals surface area contributed by atoms with Crippen LogP contribution in [0.5, 0.6) is 0 Å². The molecule has 0 fully saturated rings. The van der Waals surface area contributed by atoms with Crippen LogP contribution < -0.4 is 9.80 Å². The van der Waals surface area contributed by atoms with E-state index in [1.165, 1.54) is 22.3 Å². The number of fused-ring (bicyclic) bond motifs is 9. The molecular formula is C66H48N2O2. The molecule has 0 amide bonds. The number of hydrogen-bond acceptors (Lipinski definition) is 4. The molecule has 13 aromatic rings. The second-order valence-electron chi connectivity index (χ2n) is 18.7. The Bertz CT molecular complexity index is 3820. The second kappa shape index (κ2) is 16.4. The Labute approximate surface area is 406 Å². The van der Waals surface area contributed by atoms with Gasteiger partial charge in [0, 0.05) is 66.8 Å². The first-order valence-electron chi connectivity index (χ1n) is 24.1. The molecule has 0 unspecified atom stereocenters. The molecule has 0 saturated carbocycles. The number of nitrogens with zero attached hydrogens (tertiary/aromatic N) is 2. The molecule has 0 aliphatic heterocycles. The third-order valence-electron chi connectivity index (χ3n) is 14.3. The molecule has 0 aliphatic rings. The molecule has 11 aromatic carbocycles. The number of hydrogen-bond donors (Lipinski definition) is 0. The molecule has 0 aliphatic carbocycles. The van der Waals surface area contributed by atoms with Gasteiger partial charge >= 0.3 is 0 Å². The van der Waals surface area contributed by atoms with Gasteiger partial charge in [0.1, 0.15) is 22.3 Å². The van der Waals surface area contributed by atoms with Crippen LogP contribution in [0.25, 0.3) is 87.7 Å². The zero-order valence-electron chi connectivity index (χ0n) is 39.5. The van der Waals surface area contributed by atoms with Crippen LogP contribution >= 0.6 is 0 Å². The topological polar surface area (TPSA) is 32.8 Å². The minimum atomic E-state index is 0.828. The molecule has 334 valence electrons. The van der Waals surface area contributed by atoms with Gasteiger partial charge in [-0.3, -0.25) is 0 Å². The van der Waals surface area contributed by atoms with Crippen LogP contribution in [0.4, 0.5) is 34.1 Å². The van der Waals surface area contributed by atoms with Crippen molar-refractivity contribution in [2.24, 2.45) is 0 Å². The lowest BCUT2D eigenvalue weighted by Gasteiger charge is -2.28. The maximum absolute atomic E-state index is 7.31. The molecule has 4 heteroatoms. The van der Waals surface area contributed by atoms with E-state index in [4.69, 9.17) is 8.83 Å². The average molecular weight is 901 g/mol. The Morgan fingerprint density at radius 2 is 0.629 bits per heavy atom. The smallest absolute Gasteiger partial charge is 0.144 e. The van der Waals surface area contributed by atoms with Crippen molar-refractivity contribution in [2.45, 2.75) is 27.7 Å². The van der Waals surface area contributed by atoms with Crippen LogP contribution in [0.3, 0.4) is 0 Å². The fourth-order valence-electron chi connectivity index (χ4n) is 10.8. The van der Waals surface area contributed by atoms with E-state index >= 15 is 0 Å². The predicted molar refractivity (Wildman–Crippen MR) is 295 cm³/mol. The van der Waals surface area contributed by atoms with Crippen LogP contribution in [-0.2, 0) is 0 Å². The normalized spacial score (nSPS) is 11.7. The predicted octanol–water partition coefficient (Wildman–Crippen LogP) is 19.3. The average Bonchev–Trinajstić information content (AvgIpc) is 3.94. The maximum Gasteiger partial charge on any atom is 0.144 e. The Balaban J connectivity index is 1.08. The highest BCUT2D eigenvalue weighted by Crippen LogP contribution is 2.52. The summed E-state index contributed by atoms with van der Waals surface area (Å²) in [6.07, 6.45) is 0. The van der Waals surface area contributed by atoms with Crippen molar-refractivity contribution >= 4 is 99.5 Å². The number of furan rings is 2. The van der Waals surface area contributed by atoms with Crippen LogP contribution in [0.2, 0.25) is 0 Å². The number of benzene rings is 11. The Hall–Kier alpha value is -8.86. The number of para-hydroxylation sites is 4. The Morgan fingerprint density at radius 1 is 0.300 bits per heavy atom. The fourth-order valence-corrected chi connectivity index (χ4v) is 10.8. The van der Waals surface area contributed by atoms with E-state index in [0.717, 1.165) is 122 Å². The van der Waals surface area contributed by atoms with Gasteiger partial charge in [-0.1, -0.05) is 146 Å². The third kappa shape index (κ3) is 6.67. The van der Waals surface area contributed by atoms with Gasteiger partial charge in [-0.15, -0.1) is 0 Å². The lowest BCUT2D eigenvalue weighted by Crippen LogP contribution is -2.12. The molecule has 13 rings (SSSR count). The summed E-state index contributed by atoms with van der Waals surface area (Å²) >= 11 is 0. The van der Waals surface area contributed by atoms with Gasteiger partial charge in [-0.25, -0.2) is 0 Å². The number of rotatable bonds is 8. The van der Waals surface area contributed by atoms with E-state index in [9.17, 15) is 0 Å². The van der Waals surface area contributed by atoms with Crippen LogP contribution in [0.15, 0.2) is 227 Å². The SMILES string of the molecule is Cc1ccccc1N(c1ccc2cc3c(cc2c1)oc1c(-c2ccccc2)c(-c2ccccc2)c2oc4cc5cc(N(c6ccccc6C)c6ccccc6C)ccc5cc4c2c13)c1ccccc1C. The number of aryl methyl sites for hydroxylation is 4. The van der Waals surface area contributed by atoms with Gasteiger partial charge in [0.05, 0.1) is 0 Å². The molecule has 0 radical (unpaired) electrons. The fraction of sp³-hybridized carbons (Fsp3) is 0.0606. The zero-order chi connectivity index (χ0) is 47.0. The summed E-state index contributed by atoms with van der Waals surface area (Å²) in [5, 5.41) is 8.67. The molecule has 0 spiro atoms. The van der Waals surface area contributed by atoms with Gasteiger partial charge in [0.25, 0.3) is 0 Å². The highest BCUT2D eigenvalue weighted by molar-refractivity contribution is 6.33. The minimum absolute atomic E-state index is 0.828. The largest absolute Gasteiger partial charge is 0.455 e. The molecule has 4 nitrogen and oxygen atoms in total. The van der Waals surface area contributed by atoms with Crippen molar-refractivity contribution < 1.29 is 8.83 Å². The second-order valence-corrected chi connectivity index (χ2v) is 18.7. The zero-order valence-corrected chi connectivity index (χ0v) is 39.5. The van der Waals surface area contributed by atoms with Gasteiger partial charge < -0.3 is 18.6 Å². The van der Waals surface area contributed by atoms with Crippen LogP contribution in [-0.4, -0.2) is 0 Å². The summed E-state index contributed by atoms with van der Waals surface area (Å²) < 4.78 is 14.6. The molecule has 2 aromatic heterocycles. The van der Waals surface area contributed by atoms with Gasteiger partial charge in [0.2, 0.25) is 0 Å². The maximum atomic E-state index is 7.31. The summed E-state index contributed by atoms with van der Waals surface area (Å²) in [5.41, 5.74) is 19.1. The van der Waals surface area contributed by atoms with Gasteiger partial charge in [-0.05, 0) is 155 Å². The van der Waals surface area contributed by atoms with E-state index in [1.807, 2.05) is 0 Å². The van der Waals surface area contributed by atoms with Crippen LogP contribution in [0, 0.1) is 27.7 Å². The summed E-state index contributed by atoms with van der Waals surface area (Å²) in [4.78, 5) is 4.76. The molecule has 70 heavy (non-hydrogen) atoms. The third-order valence-corrected chi connectivity index (χ3v) is 14.3. The summed E-state index contributed by atoms with van der Waals surface area (Å²) in [6.45, 7) is 8.73. The van der Waals surface area contributed by atoms with Gasteiger partial charge in [-0.2, -0.15) is 0 Å². The van der Waals surface area contributed by atoms with E-state index in [-0.39, 0.29) is 0 Å². The van der Waals surface area contributed by atoms with E-state index in [2.05, 4.69) is 256 Å². The van der Waals surface area contributed by atoms with E-state index < -0.39 is 0 Å². The minimum Gasteiger partial charge on any atom is -0.455 e. The first kappa shape index (κ1) is 41.3. The quantitative estimate of drug-likeness (QED) is 0.152. The number of anilines is 6. The van der Waals surface area contributed by atoms with Gasteiger partial charge in [0.15, 0.2) is 0 Å². The first-order chi connectivity index (χ1) is 34.4. The summed E-state index contributed by atoms with van der Waals surface area (Å²) in [6, 6.07) is 78.5. The summed E-state index contributed by atoms with van der Waals surface area (Å²) in [5.74, 6) is 0. The van der Waals surface area contributed by atoms with Crippen molar-refractivity contribution in [3.63, 3.8) is 0 Å². The lowest BCUT2D eigenvalue weighted by atomic mass is 9.89. The van der Waals surface area contributed by atoms with Crippen molar-refractivity contribution in [3.05, 3.63) is 241 Å². The molecule has 2 heterocycles. The standard InChI is InChI=1S/C66H48N2O2/c1-41-19-11-15-27-55(41)67(56-28-16-12-20-42(56)2)51-33-31-47-37-53-59(39-49(47)35-51)69-65-61(45-23-7-5-8-24-45)62(46-25-9-6-10-26-46)66-64(63(53)65)54-38-48-32-34-52(36-50(48)40-60(54)70-66)68(57-29-17-13-21-43(57)3)58-30-18-14-22-44(58)4/h5-40H,1-4H3. The molecule has 0 atom stereocenters. The van der Waals surface area contributed by atoms with Crippen molar-refractivity contribution in [1.29, 1.82) is 0 Å². The first-order valence-corrected chi connectivity index (χ1v) is 24.1. The Kier molecular flexibility index (Phi) is 9.70. The molecule has 0 bridgehead atoms. The highest BCUT2D eigenvalue weighted by Gasteiger charge is 2.28. The lowest BCUT2D eigenvalue weighted by molar-refractivity contribution is 0.665. The monoisotopic (exact) mass is 900 g/mol. The molecular weight excluding hydrogens is 853 g/mol.